The first-order valence-corrected chi connectivity index (χ1v) is 8.19. The maximum Gasteiger partial charge on any atom is 0.310 e. The van der Waals surface area contributed by atoms with Gasteiger partial charge in [0.2, 0.25) is 5.91 Å². The van der Waals surface area contributed by atoms with Gasteiger partial charge in [0.15, 0.2) is 0 Å². The molecule has 1 unspecified atom stereocenters. The average Bonchev–Trinajstić information content (AvgIpc) is 3.04. The molecule has 4 nitrogen and oxygen atoms in total. The van der Waals surface area contributed by atoms with Gasteiger partial charge < -0.3 is 9.64 Å². The quantitative estimate of drug-likeness (QED) is 0.575. The minimum atomic E-state index is -0.146. The minimum Gasteiger partial charge on any atom is -0.465 e. The smallest absolute Gasteiger partial charge is 0.310 e. The van der Waals surface area contributed by atoms with Gasteiger partial charge in [-0.25, -0.2) is 0 Å². The van der Waals surface area contributed by atoms with Gasteiger partial charge in [0, 0.05) is 19.5 Å². The molecule has 22 heavy (non-hydrogen) atoms. The first-order valence-electron chi connectivity index (χ1n) is 8.19. The number of benzene rings is 1. The summed E-state index contributed by atoms with van der Waals surface area (Å²) in [5.41, 5.74) is 1.17. The summed E-state index contributed by atoms with van der Waals surface area (Å²) >= 11 is 0. The highest BCUT2D eigenvalue weighted by Gasteiger charge is 2.31. The molecule has 1 atom stereocenters. The van der Waals surface area contributed by atoms with E-state index >= 15 is 0 Å². The number of esters is 1. The SMILES string of the molecule is CCCCOC(=O)C1CCN(C(=O)CCc2ccccc2)C1. The molecule has 1 aromatic rings. The summed E-state index contributed by atoms with van der Waals surface area (Å²) < 4.78 is 5.25. The molecule has 120 valence electrons. The summed E-state index contributed by atoms with van der Waals surface area (Å²) in [6, 6.07) is 10.0. The predicted molar refractivity (Wildman–Crippen MR) is 85.3 cm³/mol. The van der Waals surface area contributed by atoms with Crippen molar-refractivity contribution in [3.8, 4) is 0 Å². The first-order chi connectivity index (χ1) is 10.7. The molecule has 0 N–H and O–H groups in total. The fourth-order valence-electron chi connectivity index (χ4n) is 2.67. The average molecular weight is 303 g/mol. The van der Waals surface area contributed by atoms with Crippen molar-refractivity contribution in [1.29, 1.82) is 0 Å². The lowest BCUT2D eigenvalue weighted by molar-refractivity contribution is -0.148. The Balaban J connectivity index is 1.72. The van der Waals surface area contributed by atoms with E-state index in [1.54, 1.807) is 4.90 Å². The van der Waals surface area contributed by atoms with Crippen molar-refractivity contribution in [2.24, 2.45) is 5.92 Å². The van der Waals surface area contributed by atoms with Gasteiger partial charge in [-0.2, -0.15) is 0 Å². The molecule has 0 radical (unpaired) electrons. The van der Waals surface area contributed by atoms with Gasteiger partial charge in [-0.1, -0.05) is 43.7 Å². The molecule has 1 heterocycles. The zero-order valence-electron chi connectivity index (χ0n) is 13.3. The van der Waals surface area contributed by atoms with Crippen LogP contribution < -0.4 is 0 Å². The van der Waals surface area contributed by atoms with Gasteiger partial charge >= 0.3 is 5.97 Å². The molecule has 1 aromatic carbocycles. The number of hydrogen-bond donors (Lipinski definition) is 0. The van der Waals surface area contributed by atoms with Crippen molar-refractivity contribution in [2.45, 2.75) is 39.0 Å². The first kappa shape index (κ1) is 16.5. The summed E-state index contributed by atoms with van der Waals surface area (Å²) in [7, 11) is 0. The summed E-state index contributed by atoms with van der Waals surface area (Å²) in [5.74, 6) is -0.156. The Morgan fingerprint density at radius 3 is 2.77 bits per heavy atom. The topological polar surface area (TPSA) is 46.6 Å². The number of hydrogen-bond acceptors (Lipinski definition) is 3. The highest BCUT2D eigenvalue weighted by molar-refractivity contribution is 5.79. The van der Waals surface area contributed by atoms with Gasteiger partial charge in [0.1, 0.15) is 0 Å². The van der Waals surface area contributed by atoms with E-state index in [4.69, 9.17) is 4.74 Å². The van der Waals surface area contributed by atoms with Gasteiger partial charge in [-0.3, -0.25) is 9.59 Å². The lowest BCUT2D eigenvalue weighted by atomic mass is 10.1. The second-order valence-electron chi connectivity index (χ2n) is 5.83. The van der Waals surface area contributed by atoms with Crippen LogP contribution in [0.2, 0.25) is 0 Å². The van der Waals surface area contributed by atoms with Crippen molar-refractivity contribution < 1.29 is 14.3 Å². The molecule has 2 rings (SSSR count). The molecule has 0 aromatic heterocycles. The number of carbonyl (C=O) groups excluding carboxylic acids is 2. The van der Waals surface area contributed by atoms with Crippen molar-refractivity contribution in [2.75, 3.05) is 19.7 Å². The van der Waals surface area contributed by atoms with Crippen LogP contribution in [0.4, 0.5) is 0 Å². The van der Waals surface area contributed by atoms with Gasteiger partial charge in [0.05, 0.1) is 12.5 Å². The number of amides is 1. The predicted octanol–water partition coefficient (Wildman–Crippen LogP) is 2.81. The molecule has 1 amide bonds. The third-order valence-electron chi connectivity index (χ3n) is 4.09. The monoisotopic (exact) mass is 303 g/mol. The Bertz CT molecular complexity index is 486. The maximum absolute atomic E-state index is 12.2. The van der Waals surface area contributed by atoms with Crippen molar-refractivity contribution in [3.63, 3.8) is 0 Å². The highest BCUT2D eigenvalue weighted by atomic mass is 16.5. The number of likely N-dealkylation sites (tertiary alicyclic amines) is 1. The minimum absolute atomic E-state index is 0.132. The summed E-state index contributed by atoms with van der Waals surface area (Å²) in [6.07, 6.45) is 3.89. The van der Waals surface area contributed by atoms with E-state index in [1.807, 2.05) is 30.3 Å². The van der Waals surface area contributed by atoms with E-state index in [2.05, 4.69) is 6.92 Å². The van der Waals surface area contributed by atoms with Gasteiger partial charge in [-0.15, -0.1) is 0 Å². The van der Waals surface area contributed by atoms with Gasteiger partial charge in [0.25, 0.3) is 0 Å². The van der Waals surface area contributed by atoms with Crippen LogP contribution in [-0.4, -0.2) is 36.5 Å². The molecule has 0 bridgehead atoms. The number of rotatable bonds is 7. The second-order valence-corrected chi connectivity index (χ2v) is 5.83. The lowest BCUT2D eigenvalue weighted by Gasteiger charge is -2.16. The zero-order valence-corrected chi connectivity index (χ0v) is 13.3. The molecule has 1 saturated heterocycles. The summed E-state index contributed by atoms with van der Waals surface area (Å²) in [6.45, 7) is 3.74. The van der Waals surface area contributed by atoms with Crippen LogP contribution in [0.25, 0.3) is 0 Å². The Kier molecular flexibility index (Phi) is 6.44. The van der Waals surface area contributed by atoms with E-state index in [1.165, 1.54) is 5.56 Å². The highest BCUT2D eigenvalue weighted by Crippen LogP contribution is 2.19. The standard InChI is InChI=1S/C18H25NO3/c1-2-3-13-22-18(21)16-11-12-19(14-16)17(20)10-9-15-7-5-4-6-8-15/h4-8,16H,2-3,9-14H2,1H3. The molecule has 0 saturated carbocycles. The van der Waals surface area contributed by atoms with E-state index in [0.29, 0.717) is 26.1 Å². The largest absolute Gasteiger partial charge is 0.465 e. The second kappa shape index (κ2) is 8.57. The fourth-order valence-corrected chi connectivity index (χ4v) is 2.67. The van der Waals surface area contributed by atoms with Crippen LogP contribution in [0.1, 0.15) is 38.2 Å². The number of ether oxygens (including phenoxy) is 1. The molecule has 0 spiro atoms. The lowest BCUT2D eigenvalue weighted by Crippen LogP contribution is -2.30. The number of nitrogens with zero attached hydrogens (tertiary/aromatic N) is 1. The summed E-state index contributed by atoms with van der Waals surface area (Å²) in [5, 5.41) is 0. The van der Waals surface area contributed by atoms with Crippen LogP contribution in [-0.2, 0) is 20.7 Å². The van der Waals surface area contributed by atoms with Gasteiger partial charge in [-0.05, 0) is 24.8 Å². The van der Waals surface area contributed by atoms with E-state index in [9.17, 15) is 9.59 Å². The molecule has 1 aliphatic rings. The summed E-state index contributed by atoms with van der Waals surface area (Å²) in [4.78, 5) is 25.9. The number of unbranched alkanes of at least 4 members (excludes halogenated alkanes) is 1. The van der Waals surface area contributed by atoms with Crippen LogP contribution in [0.15, 0.2) is 30.3 Å². The Hall–Kier alpha value is -1.84. The van der Waals surface area contributed by atoms with Crippen molar-refractivity contribution >= 4 is 11.9 Å². The van der Waals surface area contributed by atoms with E-state index in [0.717, 1.165) is 25.7 Å². The van der Waals surface area contributed by atoms with Crippen molar-refractivity contribution in [1.82, 2.24) is 4.90 Å². The fraction of sp³-hybridized carbons (Fsp3) is 0.556. The number of aryl methyl sites for hydroxylation is 1. The van der Waals surface area contributed by atoms with Crippen LogP contribution in [0, 0.1) is 5.92 Å². The van der Waals surface area contributed by atoms with Crippen LogP contribution in [0.3, 0.4) is 0 Å². The normalized spacial score (nSPS) is 17.5. The van der Waals surface area contributed by atoms with Crippen LogP contribution in [0.5, 0.6) is 0 Å². The zero-order chi connectivity index (χ0) is 15.8. The molecular weight excluding hydrogens is 278 g/mol. The van der Waals surface area contributed by atoms with Crippen LogP contribution >= 0.6 is 0 Å². The molecule has 1 fully saturated rings. The molecule has 1 aliphatic heterocycles. The molecular formula is C18H25NO3. The third-order valence-corrected chi connectivity index (χ3v) is 4.09. The Labute approximate surface area is 132 Å². The molecule has 4 heteroatoms. The maximum atomic E-state index is 12.2. The Morgan fingerprint density at radius 1 is 1.27 bits per heavy atom. The number of carbonyl (C=O) groups is 2. The Morgan fingerprint density at radius 2 is 2.05 bits per heavy atom. The van der Waals surface area contributed by atoms with E-state index < -0.39 is 0 Å². The molecule has 0 aliphatic carbocycles. The van der Waals surface area contributed by atoms with Crippen molar-refractivity contribution in [3.05, 3.63) is 35.9 Å². The third kappa shape index (κ3) is 4.86. The van der Waals surface area contributed by atoms with E-state index in [-0.39, 0.29) is 17.8 Å².